The van der Waals surface area contributed by atoms with E-state index in [1.807, 2.05) is 0 Å². The predicted octanol–water partition coefficient (Wildman–Crippen LogP) is 1.76. The molecular formula is C16H31N3O. The summed E-state index contributed by atoms with van der Waals surface area (Å²) in [5, 5.41) is 6.19. The molecule has 1 aliphatic carbocycles. The van der Waals surface area contributed by atoms with Gasteiger partial charge in [0.2, 0.25) is 5.91 Å². The van der Waals surface area contributed by atoms with E-state index in [4.69, 9.17) is 0 Å². The number of hydrogen-bond donors (Lipinski definition) is 2. The zero-order valence-electron chi connectivity index (χ0n) is 13.2. The highest BCUT2D eigenvalue weighted by atomic mass is 16.2. The zero-order valence-corrected chi connectivity index (χ0v) is 13.2. The first-order valence-corrected chi connectivity index (χ1v) is 8.44. The van der Waals surface area contributed by atoms with Gasteiger partial charge in [-0.15, -0.1) is 0 Å². The van der Waals surface area contributed by atoms with E-state index in [1.54, 1.807) is 7.05 Å². The average molecular weight is 281 g/mol. The van der Waals surface area contributed by atoms with E-state index in [1.165, 1.54) is 44.9 Å². The predicted molar refractivity (Wildman–Crippen MR) is 82.7 cm³/mol. The Hall–Kier alpha value is -0.610. The van der Waals surface area contributed by atoms with Crippen molar-refractivity contribution in [1.82, 2.24) is 15.5 Å². The summed E-state index contributed by atoms with van der Waals surface area (Å²) in [7, 11) is 1.75. The molecule has 2 aliphatic rings. The lowest BCUT2D eigenvalue weighted by Gasteiger charge is -2.40. The molecule has 2 fully saturated rings. The Morgan fingerprint density at radius 3 is 2.90 bits per heavy atom. The quantitative estimate of drug-likeness (QED) is 0.772. The first-order valence-electron chi connectivity index (χ1n) is 8.44. The van der Waals surface area contributed by atoms with Gasteiger partial charge < -0.3 is 10.6 Å². The van der Waals surface area contributed by atoms with Crippen LogP contribution in [-0.2, 0) is 4.79 Å². The van der Waals surface area contributed by atoms with Crippen LogP contribution in [0.4, 0.5) is 0 Å². The third kappa shape index (κ3) is 3.95. The van der Waals surface area contributed by atoms with Crippen LogP contribution in [0.1, 0.15) is 51.9 Å². The van der Waals surface area contributed by atoms with E-state index in [2.05, 4.69) is 22.5 Å². The molecule has 1 saturated carbocycles. The molecule has 1 heterocycles. The van der Waals surface area contributed by atoms with Crippen LogP contribution in [0, 0.1) is 5.92 Å². The fourth-order valence-corrected chi connectivity index (χ4v) is 3.95. The molecule has 20 heavy (non-hydrogen) atoms. The first kappa shape index (κ1) is 15.8. The smallest absolute Gasteiger partial charge is 0.238 e. The van der Waals surface area contributed by atoms with Crippen LogP contribution in [0.25, 0.3) is 0 Å². The number of rotatable bonds is 4. The molecule has 1 saturated heterocycles. The van der Waals surface area contributed by atoms with Gasteiger partial charge in [-0.1, -0.05) is 32.6 Å². The Kier molecular flexibility index (Phi) is 6.30. The van der Waals surface area contributed by atoms with Crippen molar-refractivity contribution >= 4 is 5.91 Å². The summed E-state index contributed by atoms with van der Waals surface area (Å²) in [6, 6.07) is 0.641. The molecule has 0 aromatic rings. The van der Waals surface area contributed by atoms with Gasteiger partial charge in [-0.3, -0.25) is 9.69 Å². The monoisotopic (exact) mass is 281 g/mol. The lowest BCUT2D eigenvalue weighted by atomic mass is 9.95. The summed E-state index contributed by atoms with van der Waals surface area (Å²) in [5.41, 5.74) is 0. The highest BCUT2D eigenvalue weighted by molar-refractivity contribution is 5.81. The van der Waals surface area contributed by atoms with Gasteiger partial charge in [-0.25, -0.2) is 0 Å². The maximum Gasteiger partial charge on any atom is 0.238 e. The van der Waals surface area contributed by atoms with Crippen LogP contribution in [0.5, 0.6) is 0 Å². The van der Waals surface area contributed by atoms with E-state index < -0.39 is 0 Å². The lowest BCUT2D eigenvalue weighted by Crippen LogP contribution is -2.60. The third-order valence-corrected chi connectivity index (χ3v) is 5.06. The van der Waals surface area contributed by atoms with Crippen molar-refractivity contribution in [3.05, 3.63) is 0 Å². The molecule has 0 bridgehead atoms. The lowest BCUT2D eigenvalue weighted by molar-refractivity contribution is -0.127. The van der Waals surface area contributed by atoms with Gasteiger partial charge in [-0.05, 0) is 25.2 Å². The highest BCUT2D eigenvalue weighted by Gasteiger charge is 2.33. The van der Waals surface area contributed by atoms with Crippen LogP contribution < -0.4 is 10.6 Å². The summed E-state index contributed by atoms with van der Waals surface area (Å²) < 4.78 is 0. The summed E-state index contributed by atoms with van der Waals surface area (Å²) in [4.78, 5) is 14.6. The van der Waals surface area contributed by atoms with Crippen molar-refractivity contribution in [3.63, 3.8) is 0 Å². The van der Waals surface area contributed by atoms with Crippen molar-refractivity contribution < 1.29 is 4.79 Å². The van der Waals surface area contributed by atoms with Crippen LogP contribution >= 0.6 is 0 Å². The van der Waals surface area contributed by atoms with Gasteiger partial charge in [0.05, 0.1) is 0 Å². The summed E-state index contributed by atoms with van der Waals surface area (Å²) >= 11 is 0. The maximum absolute atomic E-state index is 12.1. The Morgan fingerprint density at radius 1 is 1.30 bits per heavy atom. The Labute approximate surface area is 123 Å². The standard InChI is InChI=1S/C16H31N3O/c1-3-5-13-6-4-7-14(9-8-13)19-11-10-18-12-15(19)16(20)17-2/h13-15,18H,3-12H2,1-2H3,(H,17,20). The second-order valence-electron chi connectivity index (χ2n) is 6.39. The number of amides is 1. The number of nitrogens with zero attached hydrogens (tertiary/aromatic N) is 1. The molecule has 0 radical (unpaired) electrons. The topological polar surface area (TPSA) is 44.4 Å². The molecule has 0 spiro atoms. The maximum atomic E-state index is 12.1. The first-order chi connectivity index (χ1) is 9.76. The molecule has 2 rings (SSSR count). The number of nitrogens with one attached hydrogen (secondary N) is 2. The molecule has 3 atom stereocenters. The fourth-order valence-electron chi connectivity index (χ4n) is 3.95. The molecule has 0 aromatic carbocycles. The van der Waals surface area contributed by atoms with Gasteiger partial charge in [-0.2, -0.15) is 0 Å². The van der Waals surface area contributed by atoms with Crippen LogP contribution in [-0.4, -0.2) is 49.6 Å². The van der Waals surface area contributed by atoms with Gasteiger partial charge in [0.1, 0.15) is 6.04 Å². The summed E-state index contributed by atoms with van der Waals surface area (Å²) in [6.07, 6.45) is 9.31. The number of carbonyl (C=O) groups is 1. The van der Waals surface area contributed by atoms with Crippen molar-refractivity contribution in [1.29, 1.82) is 0 Å². The highest BCUT2D eigenvalue weighted by Crippen LogP contribution is 2.30. The summed E-state index contributed by atoms with van der Waals surface area (Å²) in [5.74, 6) is 1.10. The van der Waals surface area contributed by atoms with Gasteiger partial charge >= 0.3 is 0 Å². The van der Waals surface area contributed by atoms with E-state index in [-0.39, 0.29) is 11.9 Å². The Bertz CT molecular complexity index is 308. The number of hydrogen-bond acceptors (Lipinski definition) is 3. The molecule has 0 aromatic heterocycles. The van der Waals surface area contributed by atoms with Crippen molar-refractivity contribution in [2.45, 2.75) is 64.0 Å². The Balaban J connectivity index is 1.95. The van der Waals surface area contributed by atoms with Gasteiger partial charge in [0, 0.05) is 32.7 Å². The Morgan fingerprint density at radius 2 is 2.15 bits per heavy atom. The van der Waals surface area contributed by atoms with E-state index in [0.717, 1.165) is 25.6 Å². The number of carbonyl (C=O) groups excluding carboxylic acids is 1. The van der Waals surface area contributed by atoms with Crippen LogP contribution in [0.3, 0.4) is 0 Å². The normalized spacial score (nSPS) is 32.6. The minimum absolute atomic E-state index is 0.0291. The van der Waals surface area contributed by atoms with E-state index >= 15 is 0 Å². The largest absolute Gasteiger partial charge is 0.358 e. The molecule has 1 aliphatic heterocycles. The third-order valence-electron chi connectivity index (χ3n) is 5.06. The van der Waals surface area contributed by atoms with E-state index in [9.17, 15) is 4.79 Å². The second-order valence-corrected chi connectivity index (χ2v) is 6.39. The van der Waals surface area contributed by atoms with Crippen LogP contribution in [0.15, 0.2) is 0 Å². The zero-order chi connectivity index (χ0) is 14.4. The van der Waals surface area contributed by atoms with Crippen molar-refractivity contribution in [3.8, 4) is 0 Å². The molecule has 3 unspecified atom stereocenters. The van der Waals surface area contributed by atoms with Crippen LogP contribution in [0.2, 0.25) is 0 Å². The van der Waals surface area contributed by atoms with Crippen molar-refractivity contribution in [2.75, 3.05) is 26.7 Å². The number of likely N-dealkylation sites (N-methyl/N-ethyl adjacent to an activating group) is 1. The SMILES string of the molecule is CCCC1CCCC(N2CCNCC2C(=O)NC)CC1. The van der Waals surface area contributed by atoms with Gasteiger partial charge in [0.25, 0.3) is 0 Å². The molecular weight excluding hydrogens is 250 g/mol. The molecule has 2 N–H and O–H groups in total. The number of piperazine rings is 1. The van der Waals surface area contributed by atoms with Gasteiger partial charge in [0.15, 0.2) is 0 Å². The van der Waals surface area contributed by atoms with Crippen molar-refractivity contribution in [2.24, 2.45) is 5.92 Å². The molecule has 4 nitrogen and oxygen atoms in total. The van der Waals surface area contributed by atoms with E-state index in [0.29, 0.717) is 6.04 Å². The summed E-state index contributed by atoms with van der Waals surface area (Å²) in [6.45, 7) is 5.12. The minimum Gasteiger partial charge on any atom is -0.358 e. The molecule has 116 valence electrons. The second kappa shape index (κ2) is 7.99. The minimum atomic E-state index is 0.0291. The average Bonchev–Trinajstić information content (AvgIpc) is 2.72. The molecule has 4 heteroatoms. The molecule has 1 amide bonds. The fraction of sp³-hybridized carbons (Fsp3) is 0.938.